The molecule has 2 nitrogen and oxygen atoms in total. The van der Waals surface area contributed by atoms with Gasteiger partial charge in [0.05, 0.1) is 6.61 Å². The van der Waals surface area contributed by atoms with E-state index in [1.165, 1.54) is 6.92 Å². The molecule has 0 saturated heterocycles. The van der Waals surface area contributed by atoms with Crippen LogP contribution in [0.3, 0.4) is 0 Å². The lowest BCUT2D eigenvalue weighted by Gasteiger charge is -1.96. The SMILES string of the molecule is CCCCOC(C)=O.[B]. The maximum absolute atomic E-state index is 10.1. The van der Waals surface area contributed by atoms with Crippen LogP contribution in [0.25, 0.3) is 0 Å². The Labute approximate surface area is 58.2 Å². The quantitative estimate of drug-likeness (QED) is 0.320. The van der Waals surface area contributed by atoms with Crippen LogP contribution in [0.2, 0.25) is 0 Å². The molecule has 0 rings (SSSR count). The Bertz CT molecular complexity index is 73.5. The minimum atomic E-state index is -0.182. The summed E-state index contributed by atoms with van der Waals surface area (Å²) in [5, 5.41) is 0. The highest BCUT2D eigenvalue weighted by molar-refractivity contribution is 5.75. The number of hydrogen-bond donors (Lipinski definition) is 0. The van der Waals surface area contributed by atoms with Crippen molar-refractivity contribution in [3.63, 3.8) is 0 Å². The molecule has 3 radical (unpaired) electrons. The summed E-state index contributed by atoms with van der Waals surface area (Å²) in [6, 6.07) is 0. The summed E-state index contributed by atoms with van der Waals surface area (Å²) in [4.78, 5) is 10.1. The van der Waals surface area contributed by atoms with Crippen molar-refractivity contribution in [3.8, 4) is 0 Å². The lowest BCUT2D eigenvalue weighted by molar-refractivity contribution is -0.141. The van der Waals surface area contributed by atoms with Gasteiger partial charge in [-0.05, 0) is 6.42 Å². The second kappa shape index (κ2) is 7.53. The van der Waals surface area contributed by atoms with Crippen molar-refractivity contribution in [2.75, 3.05) is 6.61 Å². The summed E-state index contributed by atoms with van der Waals surface area (Å²) >= 11 is 0. The molecule has 0 heterocycles. The molecule has 3 heteroatoms. The third kappa shape index (κ3) is 11.2. The zero-order valence-electron chi connectivity index (χ0n) is 6.02. The van der Waals surface area contributed by atoms with E-state index in [-0.39, 0.29) is 14.4 Å². The highest BCUT2D eigenvalue weighted by Gasteiger charge is 1.88. The molecule has 9 heavy (non-hydrogen) atoms. The number of unbranched alkanes of at least 4 members (excludes halogenated alkanes) is 1. The number of rotatable bonds is 3. The third-order valence-electron chi connectivity index (χ3n) is 0.803. The van der Waals surface area contributed by atoms with E-state index in [1.807, 2.05) is 0 Å². The Hall–Kier alpha value is -0.465. The highest BCUT2D eigenvalue weighted by Crippen LogP contribution is 1.86. The smallest absolute Gasteiger partial charge is 0.302 e. The molecule has 0 aromatic carbocycles. The van der Waals surface area contributed by atoms with Crippen molar-refractivity contribution in [1.29, 1.82) is 0 Å². The predicted octanol–water partition coefficient (Wildman–Crippen LogP) is 0.969. The fraction of sp³-hybridized carbons (Fsp3) is 0.833. The Morgan fingerprint density at radius 1 is 1.56 bits per heavy atom. The minimum absolute atomic E-state index is 0. The van der Waals surface area contributed by atoms with Gasteiger partial charge in [0.1, 0.15) is 0 Å². The van der Waals surface area contributed by atoms with Crippen LogP contribution in [0.15, 0.2) is 0 Å². The summed E-state index contributed by atoms with van der Waals surface area (Å²) in [7, 11) is 0. The predicted molar refractivity (Wildman–Crippen MR) is 37.3 cm³/mol. The molecule has 0 bridgehead atoms. The standard InChI is InChI=1S/C6H12O2.B/c1-3-4-5-8-6(2)7;/h3-5H2,1-2H3;. The lowest BCUT2D eigenvalue weighted by Crippen LogP contribution is -1.99. The van der Waals surface area contributed by atoms with E-state index in [0.29, 0.717) is 6.61 Å². The van der Waals surface area contributed by atoms with Crippen LogP contribution in [-0.4, -0.2) is 21.0 Å². The molecule has 0 unspecified atom stereocenters. The molecule has 0 aliphatic heterocycles. The molecule has 0 N–H and O–H groups in total. The molecule has 0 saturated carbocycles. The summed E-state index contributed by atoms with van der Waals surface area (Å²) < 4.78 is 4.64. The van der Waals surface area contributed by atoms with Gasteiger partial charge < -0.3 is 4.74 Å². The number of esters is 1. The molecule has 0 aliphatic rings. The molecule has 0 amide bonds. The number of carbonyl (C=O) groups excluding carboxylic acids is 1. The van der Waals surface area contributed by atoms with Crippen LogP contribution in [0.4, 0.5) is 0 Å². The summed E-state index contributed by atoms with van der Waals surface area (Å²) in [5.74, 6) is -0.182. The van der Waals surface area contributed by atoms with Gasteiger partial charge in [0.15, 0.2) is 0 Å². The Balaban J connectivity index is 0. The molecular formula is C6H12BO2. The summed E-state index contributed by atoms with van der Waals surface area (Å²) in [6.45, 7) is 4.06. The lowest BCUT2D eigenvalue weighted by atomic mass is 10.4. The van der Waals surface area contributed by atoms with Crippen LogP contribution in [0, 0.1) is 0 Å². The van der Waals surface area contributed by atoms with Crippen LogP contribution in [-0.2, 0) is 9.53 Å². The molecule has 0 fully saturated rings. The van der Waals surface area contributed by atoms with Crippen LogP contribution in [0.5, 0.6) is 0 Å². The van der Waals surface area contributed by atoms with E-state index >= 15 is 0 Å². The molecule has 0 spiro atoms. The number of hydrogen-bond acceptors (Lipinski definition) is 2. The average Bonchev–Trinajstić information content (AvgIpc) is 1.66. The largest absolute Gasteiger partial charge is 0.466 e. The van der Waals surface area contributed by atoms with Crippen molar-refractivity contribution in [1.82, 2.24) is 0 Å². The van der Waals surface area contributed by atoms with Crippen molar-refractivity contribution < 1.29 is 9.53 Å². The first-order valence-electron chi connectivity index (χ1n) is 2.90. The van der Waals surface area contributed by atoms with E-state index < -0.39 is 0 Å². The van der Waals surface area contributed by atoms with Crippen LogP contribution in [0.1, 0.15) is 26.7 Å². The van der Waals surface area contributed by atoms with E-state index in [2.05, 4.69) is 11.7 Å². The monoisotopic (exact) mass is 127 g/mol. The van der Waals surface area contributed by atoms with Gasteiger partial charge in [0.2, 0.25) is 0 Å². The van der Waals surface area contributed by atoms with Crippen molar-refractivity contribution >= 4 is 14.4 Å². The number of carbonyl (C=O) groups is 1. The van der Waals surface area contributed by atoms with Gasteiger partial charge >= 0.3 is 5.97 Å². The molecule has 0 atom stereocenters. The second-order valence-corrected chi connectivity index (χ2v) is 1.69. The number of ether oxygens (including phenoxy) is 1. The van der Waals surface area contributed by atoms with Gasteiger partial charge in [-0.3, -0.25) is 4.79 Å². The zero-order valence-corrected chi connectivity index (χ0v) is 6.02. The second-order valence-electron chi connectivity index (χ2n) is 1.69. The van der Waals surface area contributed by atoms with Gasteiger partial charge in [-0.2, -0.15) is 0 Å². The van der Waals surface area contributed by atoms with Gasteiger partial charge in [-0.15, -0.1) is 0 Å². The highest BCUT2D eigenvalue weighted by atomic mass is 16.5. The first-order chi connectivity index (χ1) is 3.77. The summed E-state index contributed by atoms with van der Waals surface area (Å²) in [6.07, 6.45) is 2.05. The van der Waals surface area contributed by atoms with Gasteiger partial charge in [0.25, 0.3) is 0 Å². The Morgan fingerprint density at radius 3 is 2.44 bits per heavy atom. The van der Waals surface area contributed by atoms with Crippen LogP contribution < -0.4 is 0 Å². The summed E-state index contributed by atoms with van der Waals surface area (Å²) in [5.41, 5.74) is 0. The van der Waals surface area contributed by atoms with E-state index in [0.717, 1.165) is 12.8 Å². The maximum Gasteiger partial charge on any atom is 0.302 e. The third-order valence-corrected chi connectivity index (χ3v) is 0.803. The Kier molecular flexibility index (Phi) is 9.50. The van der Waals surface area contributed by atoms with Crippen molar-refractivity contribution in [2.45, 2.75) is 26.7 Å². The zero-order chi connectivity index (χ0) is 6.41. The van der Waals surface area contributed by atoms with Gasteiger partial charge in [-0.1, -0.05) is 13.3 Å². The molecular weight excluding hydrogens is 115 g/mol. The molecule has 0 aliphatic carbocycles. The topological polar surface area (TPSA) is 26.3 Å². The average molecular weight is 127 g/mol. The first kappa shape index (κ1) is 11.3. The van der Waals surface area contributed by atoms with E-state index in [4.69, 9.17) is 0 Å². The maximum atomic E-state index is 10.1. The van der Waals surface area contributed by atoms with E-state index in [9.17, 15) is 4.79 Å². The Morgan fingerprint density at radius 2 is 2.11 bits per heavy atom. The first-order valence-corrected chi connectivity index (χ1v) is 2.90. The van der Waals surface area contributed by atoms with Gasteiger partial charge in [-0.25, -0.2) is 0 Å². The normalized spacial score (nSPS) is 7.78. The van der Waals surface area contributed by atoms with Crippen molar-refractivity contribution in [3.05, 3.63) is 0 Å². The fourth-order valence-electron chi connectivity index (χ4n) is 0.360. The molecule has 51 valence electrons. The van der Waals surface area contributed by atoms with Gasteiger partial charge in [0, 0.05) is 15.3 Å². The fourth-order valence-corrected chi connectivity index (χ4v) is 0.360. The van der Waals surface area contributed by atoms with Crippen molar-refractivity contribution in [2.24, 2.45) is 0 Å². The molecule has 0 aromatic rings. The van der Waals surface area contributed by atoms with Crippen LogP contribution >= 0.6 is 0 Å². The molecule has 0 aromatic heterocycles. The minimum Gasteiger partial charge on any atom is -0.466 e. The van der Waals surface area contributed by atoms with E-state index in [1.54, 1.807) is 0 Å².